The summed E-state index contributed by atoms with van der Waals surface area (Å²) in [4.78, 5) is 4.32. The van der Waals surface area contributed by atoms with Crippen LogP contribution in [-0.2, 0) is 16.3 Å². The van der Waals surface area contributed by atoms with Crippen molar-refractivity contribution in [1.29, 1.82) is 0 Å². The SMILES string of the molecule is Cc1ccc(S(C)(=O)=O)nc1CC(N)c1ccccc1-c1noc2cc(F)ccc12. The van der Waals surface area contributed by atoms with Crippen LogP contribution in [0.2, 0.25) is 0 Å². The molecule has 0 aliphatic rings. The van der Waals surface area contributed by atoms with Gasteiger partial charge in [0.2, 0.25) is 0 Å². The number of nitrogens with zero attached hydrogens (tertiary/aromatic N) is 2. The van der Waals surface area contributed by atoms with Gasteiger partial charge in [-0.3, -0.25) is 0 Å². The van der Waals surface area contributed by atoms with Gasteiger partial charge in [-0.2, -0.15) is 0 Å². The normalized spacial score (nSPS) is 12.9. The van der Waals surface area contributed by atoms with Crippen LogP contribution in [0.3, 0.4) is 0 Å². The van der Waals surface area contributed by atoms with Crippen molar-refractivity contribution in [3.63, 3.8) is 0 Å². The van der Waals surface area contributed by atoms with Crippen molar-refractivity contribution in [1.82, 2.24) is 10.1 Å². The molecule has 2 aromatic carbocycles. The van der Waals surface area contributed by atoms with Crippen molar-refractivity contribution in [2.45, 2.75) is 24.4 Å². The Morgan fingerprint density at radius 2 is 1.90 bits per heavy atom. The van der Waals surface area contributed by atoms with Crippen molar-refractivity contribution >= 4 is 20.8 Å². The lowest BCUT2D eigenvalue weighted by Gasteiger charge is -2.17. The zero-order valence-electron chi connectivity index (χ0n) is 16.5. The van der Waals surface area contributed by atoms with Gasteiger partial charge in [-0.15, -0.1) is 0 Å². The van der Waals surface area contributed by atoms with Crippen molar-refractivity contribution in [3.05, 3.63) is 77.2 Å². The number of halogens is 1. The van der Waals surface area contributed by atoms with E-state index < -0.39 is 21.7 Å². The fourth-order valence-electron chi connectivity index (χ4n) is 3.42. The molecule has 0 fully saturated rings. The van der Waals surface area contributed by atoms with Crippen molar-refractivity contribution < 1.29 is 17.3 Å². The van der Waals surface area contributed by atoms with Gasteiger partial charge < -0.3 is 10.3 Å². The Labute approximate surface area is 173 Å². The molecule has 2 heterocycles. The smallest absolute Gasteiger partial charge is 0.192 e. The van der Waals surface area contributed by atoms with E-state index in [0.717, 1.165) is 22.9 Å². The van der Waals surface area contributed by atoms with E-state index in [1.54, 1.807) is 12.1 Å². The first-order valence-electron chi connectivity index (χ1n) is 9.30. The van der Waals surface area contributed by atoms with Gasteiger partial charge in [-0.1, -0.05) is 35.5 Å². The second kappa shape index (κ2) is 7.62. The zero-order valence-corrected chi connectivity index (χ0v) is 17.3. The molecule has 30 heavy (non-hydrogen) atoms. The van der Waals surface area contributed by atoms with Crippen LogP contribution in [-0.4, -0.2) is 24.8 Å². The van der Waals surface area contributed by atoms with Gasteiger partial charge in [0.25, 0.3) is 0 Å². The summed E-state index contributed by atoms with van der Waals surface area (Å²) in [6.07, 6.45) is 1.47. The second-order valence-electron chi connectivity index (χ2n) is 7.25. The summed E-state index contributed by atoms with van der Waals surface area (Å²) < 4.78 is 42.5. The third-order valence-corrected chi connectivity index (χ3v) is 6.01. The number of aromatic nitrogens is 2. The maximum Gasteiger partial charge on any atom is 0.192 e. The Morgan fingerprint density at radius 3 is 2.67 bits per heavy atom. The van der Waals surface area contributed by atoms with E-state index in [2.05, 4.69) is 10.1 Å². The van der Waals surface area contributed by atoms with Gasteiger partial charge >= 0.3 is 0 Å². The van der Waals surface area contributed by atoms with E-state index in [0.29, 0.717) is 28.8 Å². The Hall–Kier alpha value is -3.10. The summed E-state index contributed by atoms with van der Waals surface area (Å²) in [5.41, 5.74) is 10.5. The lowest BCUT2D eigenvalue weighted by molar-refractivity contribution is 0.457. The molecule has 1 unspecified atom stereocenters. The first-order valence-corrected chi connectivity index (χ1v) is 11.2. The molecule has 1 atom stereocenters. The highest BCUT2D eigenvalue weighted by Crippen LogP contribution is 2.33. The number of hydrogen-bond acceptors (Lipinski definition) is 6. The molecule has 6 nitrogen and oxygen atoms in total. The molecule has 0 aliphatic heterocycles. The average Bonchev–Trinajstić information content (AvgIpc) is 3.11. The largest absolute Gasteiger partial charge is 0.356 e. The highest BCUT2D eigenvalue weighted by atomic mass is 32.2. The number of aryl methyl sites for hydroxylation is 1. The number of fused-ring (bicyclic) bond motifs is 1. The minimum absolute atomic E-state index is 0.0214. The predicted octanol–water partition coefficient (Wildman–Crippen LogP) is 3.98. The minimum Gasteiger partial charge on any atom is -0.356 e. The Morgan fingerprint density at radius 1 is 1.13 bits per heavy atom. The molecular formula is C22H20FN3O3S. The number of hydrogen-bond donors (Lipinski definition) is 1. The van der Waals surface area contributed by atoms with E-state index in [1.165, 1.54) is 18.2 Å². The number of nitrogens with two attached hydrogens (primary N) is 1. The van der Waals surface area contributed by atoms with Gasteiger partial charge in [0.15, 0.2) is 20.4 Å². The first kappa shape index (κ1) is 20.2. The average molecular weight is 425 g/mol. The highest BCUT2D eigenvalue weighted by Gasteiger charge is 2.20. The molecule has 8 heteroatoms. The van der Waals surface area contributed by atoms with Crippen LogP contribution >= 0.6 is 0 Å². The summed E-state index contributed by atoms with van der Waals surface area (Å²) in [6, 6.07) is 14.5. The highest BCUT2D eigenvalue weighted by molar-refractivity contribution is 7.90. The zero-order chi connectivity index (χ0) is 21.5. The Balaban J connectivity index is 1.74. The third kappa shape index (κ3) is 3.83. The van der Waals surface area contributed by atoms with Crippen LogP contribution in [0.15, 0.2) is 64.1 Å². The molecule has 2 N–H and O–H groups in total. The monoisotopic (exact) mass is 425 g/mol. The molecule has 0 saturated carbocycles. The molecule has 0 spiro atoms. The quantitative estimate of drug-likeness (QED) is 0.519. The lowest BCUT2D eigenvalue weighted by atomic mass is 9.93. The summed E-state index contributed by atoms with van der Waals surface area (Å²) >= 11 is 0. The second-order valence-corrected chi connectivity index (χ2v) is 9.22. The van der Waals surface area contributed by atoms with Gasteiger partial charge in [0.05, 0.1) is 0 Å². The molecule has 0 saturated heterocycles. The molecule has 2 aromatic heterocycles. The van der Waals surface area contributed by atoms with Crippen LogP contribution in [0.1, 0.15) is 22.9 Å². The third-order valence-electron chi connectivity index (χ3n) is 5.02. The molecule has 0 amide bonds. The maximum atomic E-state index is 13.5. The number of sulfone groups is 1. The molecule has 4 rings (SSSR count). The van der Waals surface area contributed by atoms with Crippen LogP contribution in [0, 0.1) is 12.7 Å². The van der Waals surface area contributed by atoms with Crippen molar-refractivity contribution in [2.24, 2.45) is 5.73 Å². The van der Waals surface area contributed by atoms with Gasteiger partial charge in [0, 0.05) is 41.4 Å². The van der Waals surface area contributed by atoms with Gasteiger partial charge in [-0.05, 0) is 36.2 Å². The van der Waals surface area contributed by atoms with Crippen LogP contribution in [0.5, 0.6) is 0 Å². The molecule has 4 aromatic rings. The van der Waals surface area contributed by atoms with Crippen LogP contribution in [0.25, 0.3) is 22.2 Å². The summed E-state index contributed by atoms with van der Waals surface area (Å²) in [6.45, 7) is 1.87. The predicted molar refractivity (Wildman–Crippen MR) is 112 cm³/mol. The van der Waals surface area contributed by atoms with E-state index in [-0.39, 0.29) is 5.03 Å². The summed E-state index contributed by atoms with van der Waals surface area (Å²) in [7, 11) is -3.42. The molecular weight excluding hydrogens is 405 g/mol. The van der Waals surface area contributed by atoms with Gasteiger partial charge in [0.1, 0.15) is 11.5 Å². The minimum atomic E-state index is -3.42. The number of rotatable bonds is 5. The Kier molecular flexibility index (Phi) is 5.13. The van der Waals surface area contributed by atoms with E-state index in [1.807, 2.05) is 31.2 Å². The number of pyridine rings is 1. The number of benzene rings is 2. The molecule has 154 valence electrons. The van der Waals surface area contributed by atoms with Crippen molar-refractivity contribution in [3.8, 4) is 11.3 Å². The fourth-order valence-corrected chi connectivity index (χ4v) is 4.02. The Bertz CT molecular complexity index is 1350. The molecule has 0 bridgehead atoms. The van der Waals surface area contributed by atoms with E-state index in [4.69, 9.17) is 10.3 Å². The maximum absolute atomic E-state index is 13.5. The van der Waals surface area contributed by atoms with Crippen LogP contribution in [0.4, 0.5) is 4.39 Å². The molecule has 0 radical (unpaired) electrons. The van der Waals surface area contributed by atoms with Gasteiger partial charge in [-0.25, -0.2) is 17.8 Å². The standard InChI is InChI=1S/C22H20FN3O3S/c1-13-7-10-21(30(2,27)28)25-19(13)12-18(24)15-5-3-4-6-16(15)22-17-9-8-14(23)11-20(17)29-26-22/h3-11,18H,12,24H2,1-2H3. The lowest BCUT2D eigenvalue weighted by Crippen LogP contribution is -2.17. The van der Waals surface area contributed by atoms with Crippen LogP contribution < -0.4 is 5.73 Å². The first-order chi connectivity index (χ1) is 14.2. The van der Waals surface area contributed by atoms with Crippen molar-refractivity contribution in [2.75, 3.05) is 6.26 Å². The fraction of sp³-hybridized carbons (Fsp3) is 0.182. The summed E-state index contributed by atoms with van der Waals surface area (Å²) in [5.74, 6) is -0.400. The van der Waals surface area contributed by atoms with E-state index in [9.17, 15) is 12.8 Å². The molecule has 0 aliphatic carbocycles. The summed E-state index contributed by atoms with van der Waals surface area (Å²) in [5, 5.41) is 4.83. The topological polar surface area (TPSA) is 99.1 Å². The van der Waals surface area contributed by atoms with E-state index >= 15 is 0 Å².